The van der Waals surface area contributed by atoms with Crippen molar-refractivity contribution in [3.05, 3.63) is 0 Å². The van der Waals surface area contributed by atoms with Gasteiger partial charge >= 0.3 is 0 Å². The van der Waals surface area contributed by atoms with E-state index in [1.54, 1.807) is 0 Å². The molecule has 1 atom stereocenters. The van der Waals surface area contributed by atoms with E-state index >= 15 is 0 Å². The molecule has 1 aliphatic rings. The molecule has 2 nitrogen and oxygen atoms in total. The number of hydrogen-bond acceptors (Lipinski definition) is 2. The molecule has 0 saturated heterocycles. The molecular weight excluding hydrogens is 232 g/mol. The SMILES string of the molecule is CNC(C)CCCCN(CCC(C)C)C1CCCC1. The Morgan fingerprint density at radius 1 is 1.00 bits per heavy atom. The fourth-order valence-electron chi connectivity index (χ4n) is 3.08. The van der Waals surface area contributed by atoms with Gasteiger partial charge in [-0.05, 0) is 65.1 Å². The lowest BCUT2D eigenvalue weighted by Crippen LogP contribution is -2.35. The minimum Gasteiger partial charge on any atom is -0.317 e. The Bertz CT molecular complexity index is 209. The first-order valence-corrected chi connectivity index (χ1v) is 8.54. The molecule has 19 heavy (non-hydrogen) atoms. The van der Waals surface area contributed by atoms with Gasteiger partial charge in [0.15, 0.2) is 0 Å². The molecule has 0 spiro atoms. The molecule has 1 saturated carbocycles. The third-order valence-electron chi connectivity index (χ3n) is 4.66. The molecule has 1 rings (SSSR count). The predicted octanol–water partition coefficient (Wildman–Crippen LogP) is 4.06. The van der Waals surface area contributed by atoms with E-state index in [1.165, 1.54) is 64.5 Å². The summed E-state index contributed by atoms with van der Waals surface area (Å²) in [6.07, 6.45) is 11.2. The Morgan fingerprint density at radius 3 is 2.26 bits per heavy atom. The predicted molar refractivity (Wildman–Crippen MR) is 85.7 cm³/mol. The van der Waals surface area contributed by atoms with Crippen molar-refractivity contribution in [3.8, 4) is 0 Å². The standard InChI is InChI=1S/C17H36N2/c1-15(2)12-14-19(17-10-5-6-11-17)13-8-7-9-16(3)18-4/h15-18H,5-14H2,1-4H3. The van der Waals surface area contributed by atoms with Crippen LogP contribution in [0.3, 0.4) is 0 Å². The van der Waals surface area contributed by atoms with Crippen LogP contribution in [0.5, 0.6) is 0 Å². The Balaban J connectivity index is 2.23. The van der Waals surface area contributed by atoms with Gasteiger partial charge in [-0.25, -0.2) is 0 Å². The van der Waals surface area contributed by atoms with Crippen LogP contribution in [-0.2, 0) is 0 Å². The maximum Gasteiger partial charge on any atom is 0.00952 e. The highest BCUT2D eigenvalue weighted by Gasteiger charge is 2.21. The van der Waals surface area contributed by atoms with Gasteiger partial charge in [0.2, 0.25) is 0 Å². The van der Waals surface area contributed by atoms with Crippen LogP contribution >= 0.6 is 0 Å². The quantitative estimate of drug-likeness (QED) is 0.601. The summed E-state index contributed by atoms with van der Waals surface area (Å²) in [4.78, 5) is 2.80. The molecule has 0 aromatic heterocycles. The lowest BCUT2D eigenvalue weighted by Gasteiger charge is -2.29. The van der Waals surface area contributed by atoms with Crippen LogP contribution in [0.1, 0.15) is 72.1 Å². The van der Waals surface area contributed by atoms with Gasteiger partial charge in [0.1, 0.15) is 0 Å². The maximum absolute atomic E-state index is 3.33. The molecule has 1 unspecified atom stereocenters. The van der Waals surface area contributed by atoms with Crippen LogP contribution in [0.2, 0.25) is 0 Å². The summed E-state index contributed by atoms with van der Waals surface area (Å²) in [7, 11) is 2.07. The minimum atomic E-state index is 0.676. The first kappa shape index (κ1) is 17.0. The summed E-state index contributed by atoms with van der Waals surface area (Å²) in [6.45, 7) is 9.63. The number of hydrogen-bond donors (Lipinski definition) is 1. The third kappa shape index (κ3) is 7.31. The monoisotopic (exact) mass is 268 g/mol. The van der Waals surface area contributed by atoms with E-state index in [9.17, 15) is 0 Å². The molecule has 0 aromatic rings. The van der Waals surface area contributed by atoms with Gasteiger partial charge in [-0.3, -0.25) is 0 Å². The molecule has 2 heteroatoms. The number of unbranched alkanes of at least 4 members (excludes halogenated alkanes) is 1. The Hall–Kier alpha value is -0.0800. The summed E-state index contributed by atoms with van der Waals surface area (Å²) < 4.78 is 0. The Labute approximate surface area is 121 Å². The lowest BCUT2D eigenvalue weighted by atomic mass is 10.1. The average Bonchev–Trinajstić information content (AvgIpc) is 2.91. The molecule has 0 aliphatic heterocycles. The topological polar surface area (TPSA) is 15.3 Å². The minimum absolute atomic E-state index is 0.676. The van der Waals surface area contributed by atoms with Crippen molar-refractivity contribution >= 4 is 0 Å². The van der Waals surface area contributed by atoms with Crippen LogP contribution in [0.25, 0.3) is 0 Å². The summed E-state index contributed by atoms with van der Waals surface area (Å²) in [5.41, 5.74) is 0. The first-order valence-electron chi connectivity index (χ1n) is 8.54. The number of nitrogens with one attached hydrogen (secondary N) is 1. The Morgan fingerprint density at radius 2 is 1.68 bits per heavy atom. The van der Waals surface area contributed by atoms with E-state index in [1.807, 2.05) is 0 Å². The maximum atomic E-state index is 3.33. The van der Waals surface area contributed by atoms with Crippen LogP contribution in [0, 0.1) is 5.92 Å². The molecule has 0 radical (unpaired) electrons. The zero-order chi connectivity index (χ0) is 14.1. The fraction of sp³-hybridized carbons (Fsp3) is 1.00. The molecule has 0 aromatic carbocycles. The molecule has 1 aliphatic carbocycles. The van der Waals surface area contributed by atoms with Crippen molar-refractivity contribution in [2.24, 2.45) is 5.92 Å². The van der Waals surface area contributed by atoms with Crippen molar-refractivity contribution in [1.82, 2.24) is 10.2 Å². The van der Waals surface area contributed by atoms with Gasteiger partial charge in [0, 0.05) is 12.1 Å². The summed E-state index contributed by atoms with van der Waals surface area (Å²) in [5.74, 6) is 0.841. The van der Waals surface area contributed by atoms with Crippen molar-refractivity contribution in [1.29, 1.82) is 0 Å². The van der Waals surface area contributed by atoms with Gasteiger partial charge in [-0.15, -0.1) is 0 Å². The summed E-state index contributed by atoms with van der Waals surface area (Å²) >= 11 is 0. The highest BCUT2D eigenvalue weighted by atomic mass is 15.2. The lowest BCUT2D eigenvalue weighted by molar-refractivity contribution is 0.183. The number of nitrogens with zero attached hydrogens (tertiary/aromatic N) is 1. The second-order valence-electron chi connectivity index (χ2n) is 6.84. The van der Waals surface area contributed by atoms with E-state index in [2.05, 4.69) is 38.0 Å². The summed E-state index contributed by atoms with van der Waals surface area (Å²) in [6, 6.07) is 1.58. The summed E-state index contributed by atoms with van der Waals surface area (Å²) in [5, 5.41) is 3.33. The van der Waals surface area contributed by atoms with Crippen LogP contribution in [-0.4, -0.2) is 37.1 Å². The molecule has 0 bridgehead atoms. The average molecular weight is 268 g/mol. The van der Waals surface area contributed by atoms with E-state index in [0.29, 0.717) is 6.04 Å². The van der Waals surface area contributed by atoms with Crippen molar-refractivity contribution in [2.45, 2.75) is 84.2 Å². The van der Waals surface area contributed by atoms with Crippen LogP contribution in [0.4, 0.5) is 0 Å². The highest BCUT2D eigenvalue weighted by Crippen LogP contribution is 2.24. The molecule has 1 N–H and O–H groups in total. The van der Waals surface area contributed by atoms with Crippen LogP contribution in [0.15, 0.2) is 0 Å². The molecule has 0 amide bonds. The fourth-order valence-corrected chi connectivity index (χ4v) is 3.08. The third-order valence-corrected chi connectivity index (χ3v) is 4.66. The van der Waals surface area contributed by atoms with Gasteiger partial charge in [0.05, 0.1) is 0 Å². The van der Waals surface area contributed by atoms with Gasteiger partial charge in [-0.1, -0.05) is 33.1 Å². The zero-order valence-corrected chi connectivity index (χ0v) is 13.8. The highest BCUT2D eigenvalue weighted by molar-refractivity contribution is 4.77. The molecule has 114 valence electrons. The largest absolute Gasteiger partial charge is 0.317 e. The van der Waals surface area contributed by atoms with Gasteiger partial charge in [0.25, 0.3) is 0 Å². The normalized spacial score (nSPS) is 18.6. The smallest absolute Gasteiger partial charge is 0.00952 e. The zero-order valence-electron chi connectivity index (χ0n) is 13.8. The van der Waals surface area contributed by atoms with E-state index in [0.717, 1.165) is 12.0 Å². The number of rotatable bonds is 10. The molecule has 0 heterocycles. The Kier molecular flexibility index (Phi) is 8.72. The van der Waals surface area contributed by atoms with E-state index in [4.69, 9.17) is 0 Å². The van der Waals surface area contributed by atoms with E-state index < -0.39 is 0 Å². The van der Waals surface area contributed by atoms with Crippen molar-refractivity contribution in [3.63, 3.8) is 0 Å². The van der Waals surface area contributed by atoms with Crippen molar-refractivity contribution in [2.75, 3.05) is 20.1 Å². The van der Waals surface area contributed by atoms with Crippen molar-refractivity contribution < 1.29 is 0 Å². The van der Waals surface area contributed by atoms with Gasteiger partial charge < -0.3 is 10.2 Å². The molecular formula is C17H36N2. The molecule has 1 fully saturated rings. The van der Waals surface area contributed by atoms with Crippen LogP contribution < -0.4 is 5.32 Å². The second-order valence-corrected chi connectivity index (χ2v) is 6.84. The van der Waals surface area contributed by atoms with E-state index in [-0.39, 0.29) is 0 Å². The van der Waals surface area contributed by atoms with Gasteiger partial charge in [-0.2, -0.15) is 0 Å². The first-order chi connectivity index (χ1) is 9.13. The second kappa shape index (κ2) is 9.77.